The molecule has 0 spiro atoms. The molecule has 2 N–H and O–H groups in total. The molecule has 0 aliphatic rings. The summed E-state index contributed by atoms with van der Waals surface area (Å²) in [5, 5.41) is 0. The molecule has 1 unspecified atom stereocenters. The van der Waals surface area contributed by atoms with Gasteiger partial charge in [0.25, 0.3) is 0 Å². The Morgan fingerprint density at radius 1 is 1.16 bits per heavy atom. The van der Waals surface area contributed by atoms with Gasteiger partial charge in [-0.15, -0.1) is 0 Å². The van der Waals surface area contributed by atoms with Crippen LogP contribution >= 0.6 is 0 Å². The van der Waals surface area contributed by atoms with Gasteiger partial charge in [0, 0.05) is 19.1 Å². The Balaban J connectivity index is 3.04. The van der Waals surface area contributed by atoms with Crippen molar-refractivity contribution < 1.29 is 4.39 Å². The predicted molar refractivity (Wildman–Crippen MR) is 81.0 cm³/mol. The van der Waals surface area contributed by atoms with Crippen LogP contribution in [0.4, 0.5) is 10.1 Å². The van der Waals surface area contributed by atoms with E-state index in [-0.39, 0.29) is 11.9 Å². The third kappa shape index (κ3) is 4.50. The van der Waals surface area contributed by atoms with Gasteiger partial charge in [0.15, 0.2) is 0 Å². The van der Waals surface area contributed by atoms with Crippen LogP contribution in [-0.4, -0.2) is 13.1 Å². The number of hydrogen-bond acceptors (Lipinski definition) is 2. The number of halogens is 1. The van der Waals surface area contributed by atoms with E-state index in [1.807, 2.05) is 13.0 Å². The Kier molecular flexibility index (Phi) is 6.85. The van der Waals surface area contributed by atoms with Gasteiger partial charge in [0.05, 0.1) is 5.69 Å². The maximum atomic E-state index is 14.2. The summed E-state index contributed by atoms with van der Waals surface area (Å²) in [5.41, 5.74) is 7.60. The molecular formula is C16H27FN2. The van der Waals surface area contributed by atoms with E-state index in [1.165, 1.54) is 6.07 Å². The zero-order valence-electron chi connectivity index (χ0n) is 12.5. The molecule has 0 saturated heterocycles. The molecule has 1 rings (SSSR count). The Morgan fingerprint density at radius 3 is 2.21 bits per heavy atom. The number of anilines is 1. The standard InChI is InChI=1S/C16H27FN2/c1-4-6-11-19(12-7-5-2)16-14(13(3)18)9-8-10-15(16)17/h8-10,13H,4-7,11-12,18H2,1-3H3. The Bertz CT molecular complexity index is 369. The fourth-order valence-corrected chi connectivity index (χ4v) is 2.27. The van der Waals surface area contributed by atoms with Gasteiger partial charge in [-0.3, -0.25) is 0 Å². The summed E-state index contributed by atoms with van der Waals surface area (Å²) < 4.78 is 14.2. The fourth-order valence-electron chi connectivity index (χ4n) is 2.27. The first-order chi connectivity index (χ1) is 9.11. The van der Waals surface area contributed by atoms with Gasteiger partial charge >= 0.3 is 0 Å². The van der Waals surface area contributed by atoms with Crippen LogP contribution in [-0.2, 0) is 0 Å². The van der Waals surface area contributed by atoms with Crippen molar-refractivity contribution in [3.8, 4) is 0 Å². The maximum absolute atomic E-state index is 14.2. The lowest BCUT2D eigenvalue weighted by Crippen LogP contribution is -2.28. The molecule has 0 bridgehead atoms. The zero-order chi connectivity index (χ0) is 14.3. The van der Waals surface area contributed by atoms with Crippen molar-refractivity contribution in [1.29, 1.82) is 0 Å². The molecule has 1 atom stereocenters. The molecule has 2 nitrogen and oxygen atoms in total. The second kappa shape index (κ2) is 8.16. The molecule has 0 aromatic heterocycles. The average Bonchev–Trinajstić information content (AvgIpc) is 2.39. The SMILES string of the molecule is CCCCN(CCCC)c1c(F)cccc1C(C)N. The smallest absolute Gasteiger partial charge is 0.146 e. The van der Waals surface area contributed by atoms with Crippen LogP contribution in [0.1, 0.15) is 58.1 Å². The highest BCUT2D eigenvalue weighted by Crippen LogP contribution is 2.29. The van der Waals surface area contributed by atoms with Crippen molar-refractivity contribution in [3.05, 3.63) is 29.6 Å². The molecular weight excluding hydrogens is 239 g/mol. The van der Waals surface area contributed by atoms with E-state index in [0.29, 0.717) is 5.69 Å². The molecule has 0 amide bonds. The minimum Gasteiger partial charge on any atom is -0.369 e. The Morgan fingerprint density at radius 2 is 1.74 bits per heavy atom. The largest absolute Gasteiger partial charge is 0.369 e. The summed E-state index contributed by atoms with van der Waals surface area (Å²) in [7, 11) is 0. The number of nitrogens with two attached hydrogens (primary N) is 1. The van der Waals surface area contributed by atoms with Gasteiger partial charge in [-0.2, -0.15) is 0 Å². The zero-order valence-corrected chi connectivity index (χ0v) is 12.5. The minimum atomic E-state index is -0.151. The summed E-state index contributed by atoms with van der Waals surface area (Å²) in [5.74, 6) is -0.151. The summed E-state index contributed by atoms with van der Waals surface area (Å²) in [4.78, 5) is 2.17. The van der Waals surface area contributed by atoms with Crippen LogP contribution in [0, 0.1) is 5.82 Å². The van der Waals surface area contributed by atoms with Crippen LogP contribution in [0.5, 0.6) is 0 Å². The molecule has 1 aromatic rings. The summed E-state index contributed by atoms with van der Waals surface area (Å²) in [6.07, 6.45) is 4.39. The van der Waals surface area contributed by atoms with Crippen molar-refractivity contribution in [2.45, 2.75) is 52.5 Å². The van der Waals surface area contributed by atoms with Crippen LogP contribution in [0.25, 0.3) is 0 Å². The molecule has 0 saturated carbocycles. The van der Waals surface area contributed by atoms with E-state index in [1.54, 1.807) is 6.07 Å². The van der Waals surface area contributed by atoms with E-state index in [4.69, 9.17) is 5.73 Å². The molecule has 0 radical (unpaired) electrons. The highest BCUT2D eigenvalue weighted by atomic mass is 19.1. The summed E-state index contributed by atoms with van der Waals surface area (Å²) in [6, 6.07) is 5.08. The van der Waals surface area contributed by atoms with Crippen molar-refractivity contribution in [2.75, 3.05) is 18.0 Å². The Hall–Kier alpha value is -1.09. The van der Waals surface area contributed by atoms with Crippen molar-refractivity contribution >= 4 is 5.69 Å². The minimum absolute atomic E-state index is 0.142. The maximum Gasteiger partial charge on any atom is 0.146 e. The van der Waals surface area contributed by atoms with E-state index in [2.05, 4.69) is 18.7 Å². The predicted octanol–water partition coefficient (Wildman–Crippen LogP) is 4.25. The lowest BCUT2D eigenvalue weighted by Gasteiger charge is -2.28. The normalized spacial score (nSPS) is 12.5. The lowest BCUT2D eigenvalue weighted by molar-refractivity contribution is 0.597. The van der Waals surface area contributed by atoms with E-state index >= 15 is 0 Å². The van der Waals surface area contributed by atoms with Gasteiger partial charge in [-0.1, -0.05) is 38.8 Å². The lowest BCUT2D eigenvalue weighted by atomic mass is 10.0. The molecule has 0 fully saturated rings. The van der Waals surface area contributed by atoms with Crippen molar-refractivity contribution in [2.24, 2.45) is 5.73 Å². The monoisotopic (exact) mass is 266 g/mol. The van der Waals surface area contributed by atoms with E-state index < -0.39 is 0 Å². The molecule has 0 aliphatic heterocycles. The average molecular weight is 266 g/mol. The first-order valence-electron chi connectivity index (χ1n) is 7.40. The first kappa shape index (κ1) is 16.0. The van der Waals surface area contributed by atoms with Crippen LogP contribution in [0.3, 0.4) is 0 Å². The van der Waals surface area contributed by atoms with Gasteiger partial charge in [0.1, 0.15) is 5.82 Å². The van der Waals surface area contributed by atoms with Crippen LogP contribution in [0.15, 0.2) is 18.2 Å². The molecule has 0 heterocycles. The highest BCUT2D eigenvalue weighted by molar-refractivity contribution is 5.56. The van der Waals surface area contributed by atoms with E-state index in [9.17, 15) is 4.39 Å². The third-order valence-electron chi connectivity index (χ3n) is 3.39. The number of rotatable bonds is 8. The number of para-hydroxylation sites is 1. The topological polar surface area (TPSA) is 29.3 Å². The number of benzene rings is 1. The molecule has 3 heteroatoms. The Labute approximate surface area is 116 Å². The summed E-state index contributed by atoms with van der Waals surface area (Å²) in [6.45, 7) is 8.03. The third-order valence-corrected chi connectivity index (χ3v) is 3.39. The molecule has 0 aliphatic carbocycles. The molecule has 1 aromatic carbocycles. The fraction of sp³-hybridized carbons (Fsp3) is 0.625. The van der Waals surface area contributed by atoms with Gasteiger partial charge < -0.3 is 10.6 Å². The molecule has 19 heavy (non-hydrogen) atoms. The number of unbranched alkanes of at least 4 members (excludes halogenated alkanes) is 2. The van der Waals surface area contributed by atoms with Crippen molar-refractivity contribution in [3.63, 3.8) is 0 Å². The first-order valence-corrected chi connectivity index (χ1v) is 7.40. The number of nitrogens with zero attached hydrogens (tertiary/aromatic N) is 1. The van der Waals surface area contributed by atoms with E-state index in [0.717, 1.165) is 44.3 Å². The van der Waals surface area contributed by atoms with Gasteiger partial charge in [-0.25, -0.2) is 4.39 Å². The summed E-state index contributed by atoms with van der Waals surface area (Å²) >= 11 is 0. The highest BCUT2D eigenvalue weighted by Gasteiger charge is 2.17. The van der Waals surface area contributed by atoms with Crippen LogP contribution < -0.4 is 10.6 Å². The van der Waals surface area contributed by atoms with Gasteiger partial charge in [0.2, 0.25) is 0 Å². The van der Waals surface area contributed by atoms with Crippen LogP contribution in [0.2, 0.25) is 0 Å². The second-order valence-electron chi connectivity index (χ2n) is 5.16. The van der Waals surface area contributed by atoms with Gasteiger partial charge in [-0.05, 0) is 31.4 Å². The quantitative estimate of drug-likeness (QED) is 0.762. The second-order valence-corrected chi connectivity index (χ2v) is 5.16. The number of hydrogen-bond donors (Lipinski definition) is 1. The molecule has 108 valence electrons. The van der Waals surface area contributed by atoms with Crippen molar-refractivity contribution in [1.82, 2.24) is 0 Å².